The lowest BCUT2D eigenvalue weighted by Crippen LogP contribution is -2.43. The van der Waals surface area contributed by atoms with Crippen molar-refractivity contribution in [1.82, 2.24) is 9.88 Å². The third kappa shape index (κ3) is 3.35. The number of rotatable bonds is 2. The van der Waals surface area contributed by atoms with E-state index in [1.54, 1.807) is 23.2 Å². The summed E-state index contributed by atoms with van der Waals surface area (Å²) in [5.74, 6) is -0.487. The van der Waals surface area contributed by atoms with Gasteiger partial charge in [0.1, 0.15) is 11.6 Å². The molecule has 0 saturated carbocycles. The van der Waals surface area contributed by atoms with Gasteiger partial charge in [0.15, 0.2) is 0 Å². The summed E-state index contributed by atoms with van der Waals surface area (Å²) in [4.78, 5) is 30.1. The zero-order chi connectivity index (χ0) is 14.8. The highest BCUT2D eigenvalue weighted by molar-refractivity contribution is 5.96. The van der Waals surface area contributed by atoms with Gasteiger partial charge in [0.2, 0.25) is 0 Å². The van der Waals surface area contributed by atoms with Crippen LogP contribution in [0.5, 0.6) is 0 Å². The predicted octanol–water partition coefficient (Wildman–Crippen LogP) is 2.03. The molecule has 0 radical (unpaired) electrons. The van der Waals surface area contributed by atoms with E-state index in [1.807, 2.05) is 20.8 Å². The minimum absolute atomic E-state index is 0.161. The van der Waals surface area contributed by atoms with Gasteiger partial charge in [-0.15, -0.1) is 0 Å². The Labute approximate surface area is 118 Å². The standard InChI is InChI=1S/C15H20N2O3/c1-15(2,3)20-14(19)12-7-5-9-17(12)13(18)11-6-4-8-16-10-11/h4,6,8,10,12H,5,7,9H2,1-3H3/t12-/m1/s1. The summed E-state index contributed by atoms with van der Waals surface area (Å²) in [5, 5.41) is 0. The Bertz CT molecular complexity index is 494. The molecule has 1 saturated heterocycles. The van der Waals surface area contributed by atoms with Crippen molar-refractivity contribution in [3.8, 4) is 0 Å². The first-order valence-electron chi connectivity index (χ1n) is 6.82. The maximum absolute atomic E-state index is 12.4. The van der Waals surface area contributed by atoms with Gasteiger partial charge in [-0.2, -0.15) is 0 Å². The number of hydrogen-bond donors (Lipinski definition) is 0. The molecule has 1 atom stereocenters. The van der Waals surface area contributed by atoms with Crippen LogP contribution in [0.1, 0.15) is 44.0 Å². The van der Waals surface area contributed by atoms with Crippen molar-refractivity contribution in [3.63, 3.8) is 0 Å². The van der Waals surface area contributed by atoms with Crippen LogP contribution in [-0.4, -0.2) is 39.9 Å². The Morgan fingerprint density at radius 2 is 2.15 bits per heavy atom. The van der Waals surface area contributed by atoms with Crippen LogP contribution in [0.25, 0.3) is 0 Å². The normalized spacial score (nSPS) is 18.9. The van der Waals surface area contributed by atoms with Gasteiger partial charge < -0.3 is 9.64 Å². The van der Waals surface area contributed by atoms with Gasteiger partial charge in [0.25, 0.3) is 5.91 Å². The van der Waals surface area contributed by atoms with Crippen LogP contribution in [0, 0.1) is 0 Å². The lowest BCUT2D eigenvalue weighted by atomic mass is 10.1. The maximum Gasteiger partial charge on any atom is 0.329 e. The fraction of sp³-hybridized carbons (Fsp3) is 0.533. The lowest BCUT2D eigenvalue weighted by molar-refractivity contribution is -0.159. The lowest BCUT2D eigenvalue weighted by Gasteiger charge is -2.27. The number of esters is 1. The van der Waals surface area contributed by atoms with E-state index >= 15 is 0 Å². The van der Waals surface area contributed by atoms with Crippen molar-refractivity contribution < 1.29 is 14.3 Å². The number of nitrogens with zero attached hydrogens (tertiary/aromatic N) is 2. The summed E-state index contributed by atoms with van der Waals surface area (Å²) >= 11 is 0. The molecule has 108 valence electrons. The first kappa shape index (κ1) is 14.5. The third-order valence-electron chi connectivity index (χ3n) is 3.10. The number of carbonyl (C=O) groups is 2. The highest BCUT2D eigenvalue weighted by Gasteiger charge is 2.37. The summed E-state index contributed by atoms with van der Waals surface area (Å²) in [6.45, 7) is 6.06. The molecule has 0 bridgehead atoms. The second kappa shape index (κ2) is 5.61. The highest BCUT2D eigenvalue weighted by atomic mass is 16.6. The predicted molar refractivity (Wildman–Crippen MR) is 74.1 cm³/mol. The number of likely N-dealkylation sites (tertiary alicyclic amines) is 1. The van der Waals surface area contributed by atoms with E-state index < -0.39 is 11.6 Å². The fourth-order valence-corrected chi connectivity index (χ4v) is 2.28. The minimum Gasteiger partial charge on any atom is -0.458 e. The monoisotopic (exact) mass is 276 g/mol. The van der Waals surface area contributed by atoms with Crippen LogP contribution in [0.4, 0.5) is 0 Å². The molecular formula is C15H20N2O3. The SMILES string of the molecule is CC(C)(C)OC(=O)[C@H]1CCCN1C(=O)c1cccnc1. The molecule has 0 spiro atoms. The molecule has 5 nitrogen and oxygen atoms in total. The fourth-order valence-electron chi connectivity index (χ4n) is 2.28. The van der Waals surface area contributed by atoms with E-state index in [0.717, 1.165) is 6.42 Å². The van der Waals surface area contributed by atoms with Crippen LogP contribution < -0.4 is 0 Å². The summed E-state index contributed by atoms with van der Waals surface area (Å²) in [7, 11) is 0. The maximum atomic E-state index is 12.4. The Balaban J connectivity index is 2.11. The minimum atomic E-state index is -0.539. The van der Waals surface area contributed by atoms with Crippen molar-refractivity contribution in [2.75, 3.05) is 6.54 Å². The molecule has 2 heterocycles. The average Bonchev–Trinajstić information content (AvgIpc) is 2.86. The Morgan fingerprint density at radius 1 is 1.40 bits per heavy atom. The van der Waals surface area contributed by atoms with E-state index in [-0.39, 0.29) is 11.9 Å². The zero-order valence-electron chi connectivity index (χ0n) is 12.1. The molecule has 1 aromatic heterocycles. The van der Waals surface area contributed by atoms with Crippen LogP contribution in [0.2, 0.25) is 0 Å². The first-order chi connectivity index (χ1) is 9.38. The Morgan fingerprint density at radius 3 is 2.75 bits per heavy atom. The highest BCUT2D eigenvalue weighted by Crippen LogP contribution is 2.23. The van der Waals surface area contributed by atoms with E-state index in [4.69, 9.17) is 4.74 Å². The van der Waals surface area contributed by atoms with Crippen LogP contribution >= 0.6 is 0 Å². The topological polar surface area (TPSA) is 59.5 Å². The number of amides is 1. The quantitative estimate of drug-likeness (QED) is 0.775. The molecule has 0 unspecified atom stereocenters. The summed E-state index contributed by atoms with van der Waals surface area (Å²) in [6.07, 6.45) is 4.61. The number of aromatic nitrogens is 1. The van der Waals surface area contributed by atoms with E-state index in [2.05, 4.69) is 4.98 Å². The number of hydrogen-bond acceptors (Lipinski definition) is 4. The number of carbonyl (C=O) groups excluding carboxylic acids is 2. The summed E-state index contributed by atoms with van der Waals surface area (Å²) in [5.41, 5.74) is -0.0363. The van der Waals surface area contributed by atoms with Crippen molar-refractivity contribution in [1.29, 1.82) is 0 Å². The summed E-state index contributed by atoms with van der Waals surface area (Å²) in [6, 6.07) is 2.94. The zero-order valence-corrected chi connectivity index (χ0v) is 12.1. The molecular weight excluding hydrogens is 256 g/mol. The number of pyridine rings is 1. The molecule has 1 fully saturated rings. The molecule has 20 heavy (non-hydrogen) atoms. The molecule has 1 aliphatic heterocycles. The number of ether oxygens (including phenoxy) is 1. The van der Waals surface area contributed by atoms with Gasteiger partial charge in [-0.1, -0.05) is 0 Å². The molecule has 1 aliphatic rings. The first-order valence-corrected chi connectivity index (χ1v) is 6.82. The van der Waals surface area contributed by atoms with Gasteiger partial charge in [-0.25, -0.2) is 4.79 Å². The van der Waals surface area contributed by atoms with E-state index in [0.29, 0.717) is 18.5 Å². The Kier molecular flexibility index (Phi) is 4.06. The molecule has 1 amide bonds. The Hall–Kier alpha value is -1.91. The third-order valence-corrected chi connectivity index (χ3v) is 3.10. The van der Waals surface area contributed by atoms with Gasteiger partial charge >= 0.3 is 5.97 Å². The van der Waals surface area contributed by atoms with Gasteiger partial charge in [0.05, 0.1) is 5.56 Å². The molecule has 5 heteroatoms. The summed E-state index contributed by atoms with van der Waals surface area (Å²) < 4.78 is 5.39. The van der Waals surface area contributed by atoms with Crippen LogP contribution in [-0.2, 0) is 9.53 Å². The van der Waals surface area contributed by atoms with E-state index in [9.17, 15) is 9.59 Å². The molecule has 0 N–H and O–H groups in total. The van der Waals surface area contributed by atoms with Crippen LogP contribution in [0.15, 0.2) is 24.5 Å². The largest absolute Gasteiger partial charge is 0.458 e. The van der Waals surface area contributed by atoms with E-state index in [1.165, 1.54) is 6.20 Å². The van der Waals surface area contributed by atoms with Crippen molar-refractivity contribution >= 4 is 11.9 Å². The van der Waals surface area contributed by atoms with Gasteiger partial charge in [-0.3, -0.25) is 9.78 Å². The molecule has 0 aromatic carbocycles. The van der Waals surface area contributed by atoms with Gasteiger partial charge in [0, 0.05) is 18.9 Å². The molecule has 0 aliphatic carbocycles. The van der Waals surface area contributed by atoms with Crippen molar-refractivity contribution in [2.45, 2.75) is 45.3 Å². The van der Waals surface area contributed by atoms with Crippen molar-refractivity contribution in [3.05, 3.63) is 30.1 Å². The smallest absolute Gasteiger partial charge is 0.329 e. The van der Waals surface area contributed by atoms with Crippen LogP contribution in [0.3, 0.4) is 0 Å². The second-order valence-electron chi connectivity index (χ2n) is 5.93. The average molecular weight is 276 g/mol. The molecule has 1 aromatic rings. The second-order valence-corrected chi connectivity index (χ2v) is 5.93. The van der Waals surface area contributed by atoms with Gasteiger partial charge in [-0.05, 0) is 45.7 Å². The molecule has 2 rings (SSSR count). The van der Waals surface area contributed by atoms with Crippen molar-refractivity contribution in [2.24, 2.45) is 0 Å².